The summed E-state index contributed by atoms with van der Waals surface area (Å²) in [6, 6.07) is 8.75. The van der Waals surface area contributed by atoms with Crippen molar-refractivity contribution in [3.05, 3.63) is 86.2 Å². The summed E-state index contributed by atoms with van der Waals surface area (Å²) in [7, 11) is 0. The zero-order chi connectivity index (χ0) is 33.7. The Morgan fingerprint density at radius 2 is 1.83 bits per heavy atom. The monoisotopic (exact) mass is 643 g/mol. The Morgan fingerprint density at radius 1 is 1.09 bits per heavy atom. The lowest BCUT2D eigenvalue weighted by molar-refractivity contribution is -0.168. The van der Waals surface area contributed by atoms with Gasteiger partial charge in [-0.3, -0.25) is 0 Å². The summed E-state index contributed by atoms with van der Waals surface area (Å²) in [5.74, 6) is 1.21. The highest BCUT2D eigenvalue weighted by atomic mass is 16.5. The molecule has 254 valence electrons. The van der Waals surface area contributed by atoms with E-state index in [1.165, 1.54) is 28.6 Å². The molecular weight excluding hydrogens is 590 g/mol. The number of carboxylic acids is 1. The normalized spacial score (nSPS) is 29.3. The van der Waals surface area contributed by atoms with Gasteiger partial charge in [-0.25, -0.2) is 28.3 Å². The van der Waals surface area contributed by atoms with Crippen LogP contribution >= 0.6 is 0 Å². The number of nitrogens with zero attached hydrogens (tertiary/aromatic N) is 3. The summed E-state index contributed by atoms with van der Waals surface area (Å²) >= 11 is 0. The van der Waals surface area contributed by atoms with Crippen LogP contribution in [0.15, 0.2) is 74.9 Å². The van der Waals surface area contributed by atoms with Crippen LogP contribution in [0.1, 0.15) is 105 Å². The van der Waals surface area contributed by atoms with Gasteiger partial charge in [0.15, 0.2) is 5.60 Å². The van der Waals surface area contributed by atoms with Crippen molar-refractivity contribution in [2.75, 3.05) is 0 Å². The van der Waals surface area contributed by atoms with Gasteiger partial charge in [0.25, 0.3) is 0 Å². The first-order chi connectivity index (χ1) is 22.3. The van der Waals surface area contributed by atoms with Crippen LogP contribution in [0.2, 0.25) is 0 Å². The topological polar surface area (TPSA) is 95.5 Å². The van der Waals surface area contributed by atoms with Crippen molar-refractivity contribution in [1.82, 2.24) is 13.9 Å². The summed E-state index contributed by atoms with van der Waals surface area (Å²) in [6.07, 6.45) is 15.5. The van der Waals surface area contributed by atoms with Crippen LogP contribution in [0, 0.1) is 29.1 Å². The number of hydrogen-bond acceptors (Lipinski definition) is 4. The molecule has 0 saturated heterocycles. The molecular formula is C39H53N3O5. The molecule has 0 bridgehead atoms. The molecule has 8 heteroatoms. The van der Waals surface area contributed by atoms with Crippen molar-refractivity contribution in [1.29, 1.82) is 0 Å². The summed E-state index contributed by atoms with van der Waals surface area (Å²) in [6.45, 7) is 13.0. The number of benzene rings is 1. The molecule has 0 spiro atoms. The largest absolute Gasteiger partial charge is 0.479 e. The number of aliphatic carboxylic acids is 1. The number of allylic oxidation sites excluding steroid dienone is 5. The van der Waals surface area contributed by atoms with Crippen molar-refractivity contribution in [3.8, 4) is 5.69 Å². The van der Waals surface area contributed by atoms with Crippen LogP contribution in [0.4, 0.5) is 0 Å². The molecule has 2 fully saturated rings. The van der Waals surface area contributed by atoms with E-state index in [0.29, 0.717) is 55.2 Å². The van der Waals surface area contributed by atoms with E-state index in [2.05, 4.69) is 45.9 Å². The van der Waals surface area contributed by atoms with E-state index in [0.717, 1.165) is 31.3 Å². The lowest BCUT2D eigenvalue weighted by Crippen LogP contribution is -2.42. The molecule has 1 N–H and O–H groups in total. The van der Waals surface area contributed by atoms with Gasteiger partial charge in [-0.2, -0.15) is 0 Å². The minimum absolute atomic E-state index is 0.182. The highest BCUT2D eigenvalue weighted by Crippen LogP contribution is 2.60. The van der Waals surface area contributed by atoms with Crippen LogP contribution < -0.4 is 11.4 Å². The van der Waals surface area contributed by atoms with E-state index in [4.69, 9.17) is 4.74 Å². The van der Waals surface area contributed by atoms with Crippen molar-refractivity contribution >= 4 is 5.97 Å². The molecule has 0 radical (unpaired) electrons. The lowest BCUT2D eigenvalue weighted by atomic mass is 9.61. The molecule has 1 aromatic heterocycles. The van der Waals surface area contributed by atoms with Crippen LogP contribution in [-0.2, 0) is 16.1 Å². The SMILES string of the molecule is CC(C)C/C=C/[C@@H](C)[C@@H]1CC[C@@H]2/C(=C/[C@H]3C4=C(CC[C@H](OC(C)(C)C(=O)O)C4)Cn4c(=O)n(-c5ccccc5)c(=O)n43)CCC[C@@]21C. The molecule has 3 aliphatic carbocycles. The second-order valence-electron chi connectivity index (χ2n) is 15.8. The Morgan fingerprint density at radius 3 is 2.53 bits per heavy atom. The van der Waals surface area contributed by atoms with Crippen molar-refractivity contribution in [2.45, 2.75) is 124 Å². The summed E-state index contributed by atoms with van der Waals surface area (Å²) < 4.78 is 10.8. The third-order valence-electron chi connectivity index (χ3n) is 11.8. The first-order valence-corrected chi connectivity index (χ1v) is 17.8. The summed E-state index contributed by atoms with van der Waals surface area (Å²) in [4.78, 5) is 40.1. The average molecular weight is 644 g/mol. The fourth-order valence-electron chi connectivity index (χ4n) is 9.32. The highest BCUT2D eigenvalue weighted by molar-refractivity contribution is 5.76. The van der Waals surface area contributed by atoms with Crippen molar-refractivity contribution in [3.63, 3.8) is 0 Å². The fourth-order valence-corrected chi connectivity index (χ4v) is 9.32. The van der Waals surface area contributed by atoms with E-state index >= 15 is 0 Å². The first kappa shape index (κ1) is 33.5. The molecule has 47 heavy (non-hydrogen) atoms. The molecule has 0 amide bonds. The Labute approximate surface area is 278 Å². The maximum atomic E-state index is 14.3. The molecule has 1 aromatic carbocycles. The molecule has 2 aromatic rings. The number of carboxylic acid groups (broad SMARTS) is 1. The first-order valence-electron chi connectivity index (χ1n) is 17.8. The molecule has 2 heterocycles. The van der Waals surface area contributed by atoms with Crippen molar-refractivity contribution < 1.29 is 14.6 Å². The predicted octanol–water partition coefficient (Wildman–Crippen LogP) is 7.47. The molecule has 8 nitrogen and oxygen atoms in total. The van der Waals surface area contributed by atoms with E-state index in [-0.39, 0.29) is 22.9 Å². The van der Waals surface area contributed by atoms with Gasteiger partial charge in [-0.1, -0.05) is 69.7 Å². The summed E-state index contributed by atoms with van der Waals surface area (Å²) in [5.41, 5.74) is 2.45. The van der Waals surface area contributed by atoms with Crippen molar-refractivity contribution in [2.24, 2.45) is 29.1 Å². The summed E-state index contributed by atoms with van der Waals surface area (Å²) in [5, 5.41) is 9.79. The van der Waals surface area contributed by atoms with Crippen LogP contribution in [-0.4, -0.2) is 36.7 Å². The van der Waals surface area contributed by atoms with E-state index < -0.39 is 17.6 Å². The predicted molar refractivity (Wildman–Crippen MR) is 185 cm³/mol. The van der Waals surface area contributed by atoms with E-state index in [1.807, 2.05) is 18.2 Å². The second-order valence-corrected chi connectivity index (χ2v) is 15.8. The molecule has 2 saturated carbocycles. The van der Waals surface area contributed by atoms with Gasteiger partial charge in [0, 0.05) is 0 Å². The number of hydrogen-bond donors (Lipinski definition) is 1. The van der Waals surface area contributed by atoms with E-state index in [9.17, 15) is 19.5 Å². The maximum absolute atomic E-state index is 14.3. The Kier molecular flexibility index (Phi) is 9.20. The average Bonchev–Trinajstić information content (AvgIpc) is 3.50. The Bertz CT molecular complexity index is 1700. The standard InChI is InChI=1S/C39H53N3O5/c1-25(2)12-10-13-26(3)32-19-20-33-27(14-11-21-39(32,33)6)22-34-31-23-30(47-38(4,5)35(43)44)18-17-28(31)24-40-36(45)41(37(46)42(34)40)29-15-8-7-9-16-29/h7-10,13,15-16,22,25-26,30,32-34H,11-12,14,17-21,23-24H2,1-6H3,(H,43,44)/b13-10+,27-22+/t26-,30+,32+,33-,34+,39-/m1/s1. The third-order valence-corrected chi connectivity index (χ3v) is 11.8. The highest BCUT2D eigenvalue weighted by Gasteiger charge is 2.51. The number of carbonyl (C=O) groups is 1. The number of fused-ring (bicyclic) bond motifs is 2. The van der Waals surface area contributed by atoms with Crippen LogP contribution in [0.3, 0.4) is 0 Å². The van der Waals surface area contributed by atoms with Gasteiger partial charge in [-0.15, -0.1) is 0 Å². The van der Waals surface area contributed by atoms with Gasteiger partial charge >= 0.3 is 17.3 Å². The van der Waals surface area contributed by atoms with Crippen LogP contribution in [0.5, 0.6) is 0 Å². The molecule has 4 aliphatic rings. The van der Waals surface area contributed by atoms with Gasteiger partial charge in [0.05, 0.1) is 24.4 Å². The van der Waals surface area contributed by atoms with Gasteiger partial charge in [0.1, 0.15) is 0 Å². The van der Waals surface area contributed by atoms with Gasteiger partial charge in [-0.05, 0) is 124 Å². The molecule has 6 rings (SSSR count). The smallest absolute Gasteiger partial charge is 0.352 e. The van der Waals surface area contributed by atoms with Gasteiger partial charge < -0.3 is 9.84 Å². The Balaban J connectivity index is 1.41. The number of para-hydroxylation sites is 1. The zero-order valence-corrected chi connectivity index (χ0v) is 29.1. The molecule has 6 atom stereocenters. The quantitative estimate of drug-likeness (QED) is 0.286. The number of aromatic nitrogens is 3. The van der Waals surface area contributed by atoms with Crippen LogP contribution in [0.25, 0.3) is 5.69 Å². The Hall–Kier alpha value is -3.39. The number of ether oxygens (including phenoxy) is 1. The molecule has 1 aliphatic heterocycles. The third kappa shape index (κ3) is 6.18. The minimum Gasteiger partial charge on any atom is -0.479 e. The maximum Gasteiger partial charge on any atom is 0.352 e. The van der Waals surface area contributed by atoms with E-state index in [1.54, 1.807) is 35.3 Å². The second kappa shape index (κ2) is 12.9. The zero-order valence-electron chi connectivity index (χ0n) is 29.1. The number of rotatable bonds is 9. The molecule has 0 unspecified atom stereocenters. The lowest BCUT2D eigenvalue weighted by Gasteiger charge is -2.44. The minimum atomic E-state index is -1.31. The fraction of sp³-hybridized carbons (Fsp3) is 0.615. The van der Waals surface area contributed by atoms with Gasteiger partial charge in [0.2, 0.25) is 0 Å².